The van der Waals surface area contributed by atoms with Crippen molar-refractivity contribution in [3.05, 3.63) is 71.0 Å². The predicted molar refractivity (Wildman–Crippen MR) is 89.3 cm³/mol. The summed E-state index contributed by atoms with van der Waals surface area (Å²) in [5.74, 6) is -0.160. The SMILES string of the molecule is OCc1ccc(CN2CCN(Cc3cccc(F)c3)CC2)cc1. The second-order valence-electron chi connectivity index (χ2n) is 6.16. The van der Waals surface area contributed by atoms with Crippen molar-refractivity contribution < 1.29 is 9.50 Å². The summed E-state index contributed by atoms with van der Waals surface area (Å²) < 4.78 is 13.2. The van der Waals surface area contributed by atoms with Crippen LogP contribution in [0.1, 0.15) is 16.7 Å². The van der Waals surface area contributed by atoms with Crippen LogP contribution in [0.4, 0.5) is 4.39 Å². The van der Waals surface area contributed by atoms with E-state index in [0.717, 1.165) is 50.4 Å². The third-order valence-corrected chi connectivity index (χ3v) is 4.37. The van der Waals surface area contributed by atoms with Gasteiger partial charge in [-0.2, -0.15) is 0 Å². The van der Waals surface area contributed by atoms with Crippen molar-refractivity contribution in [2.24, 2.45) is 0 Å². The molecule has 0 aliphatic carbocycles. The van der Waals surface area contributed by atoms with Crippen molar-refractivity contribution in [2.45, 2.75) is 19.7 Å². The lowest BCUT2D eigenvalue weighted by Gasteiger charge is -2.34. The lowest BCUT2D eigenvalue weighted by atomic mass is 10.1. The minimum Gasteiger partial charge on any atom is -0.392 e. The quantitative estimate of drug-likeness (QED) is 0.919. The summed E-state index contributed by atoms with van der Waals surface area (Å²) in [6.45, 7) is 5.92. The Morgan fingerprint density at radius 1 is 0.783 bits per heavy atom. The average Bonchev–Trinajstić information content (AvgIpc) is 2.57. The molecule has 1 fully saturated rings. The molecule has 0 bridgehead atoms. The summed E-state index contributed by atoms with van der Waals surface area (Å²) >= 11 is 0. The van der Waals surface area contributed by atoms with Gasteiger partial charge >= 0.3 is 0 Å². The Bertz CT molecular complexity index is 622. The molecule has 0 aromatic heterocycles. The van der Waals surface area contributed by atoms with Crippen molar-refractivity contribution in [1.82, 2.24) is 9.80 Å². The van der Waals surface area contributed by atoms with Gasteiger partial charge in [-0.1, -0.05) is 36.4 Å². The van der Waals surface area contributed by atoms with Gasteiger partial charge in [0.05, 0.1) is 6.61 Å². The highest BCUT2D eigenvalue weighted by Crippen LogP contribution is 2.13. The Balaban J connectivity index is 1.48. The summed E-state index contributed by atoms with van der Waals surface area (Å²) in [4.78, 5) is 4.82. The van der Waals surface area contributed by atoms with Crippen molar-refractivity contribution in [1.29, 1.82) is 0 Å². The minimum absolute atomic E-state index is 0.0963. The van der Waals surface area contributed by atoms with Crippen LogP contribution in [-0.2, 0) is 19.7 Å². The minimum atomic E-state index is -0.160. The Morgan fingerprint density at radius 2 is 1.35 bits per heavy atom. The Kier molecular flexibility index (Phi) is 5.39. The highest BCUT2D eigenvalue weighted by atomic mass is 19.1. The normalized spacial score (nSPS) is 16.6. The number of piperazine rings is 1. The van der Waals surface area contributed by atoms with Crippen LogP contribution in [0, 0.1) is 5.82 Å². The molecule has 1 saturated heterocycles. The van der Waals surface area contributed by atoms with Crippen molar-refractivity contribution in [3.63, 3.8) is 0 Å². The molecule has 0 saturated carbocycles. The van der Waals surface area contributed by atoms with E-state index in [0.29, 0.717) is 0 Å². The summed E-state index contributed by atoms with van der Waals surface area (Å²) in [5.41, 5.74) is 3.27. The molecule has 3 rings (SSSR count). The van der Waals surface area contributed by atoms with E-state index in [1.165, 1.54) is 11.6 Å². The smallest absolute Gasteiger partial charge is 0.123 e. The van der Waals surface area contributed by atoms with Crippen LogP contribution >= 0.6 is 0 Å². The first-order chi connectivity index (χ1) is 11.2. The first kappa shape index (κ1) is 16.1. The second-order valence-corrected chi connectivity index (χ2v) is 6.16. The molecule has 1 aliphatic heterocycles. The van der Waals surface area contributed by atoms with E-state index in [4.69, 9.17) is 5.11 Å². The Morgan fingerprint density at radius 3 is 1.91 bits per heavy atom. The van der Waals surface area contributed by atoms with Gasteiger partial charge in [0, 0.05) is 39.3 Å². The fourth-order valence-corrected chi connectivity index (χ4v) is 3.01. The fourth-order valence-electron chi connectivity index (χ4n) is 3.01. The van der Waals surface area contributed by atoms with E-state index < -0.39 is 0 Å². The Labute approximate surface area is 137 Å². The van der Waals surface area contributed by atoms with E-state index in [9.17, 15) is 4.39 Å². The topological polar surface area (TPSA) is 26.7 Å². The molecule has 3 nitrogen and oxygen atoms in total. The molecule has 0 atom stereocenters. The number of nitrogens with zero attached hydrogens (tertiary/aromatic N) is 2. The molecule has 23 heavy (non-hydrogen) atoms. The molecule has 2 aromatic carbocycles. The summed E-state index contributed by atoms with van der Waals surface area (Å²) in [6, 6.07) is 15.0. The first-order valence-electron chi connectivity index (χ1n) is 8.11. The first-order valence-corrected chi connectivity index (χ1v) is 8.11. The van der Waals surface area contributed by atoms with Crippen LogP contribution in [0.15, 0.2) is 48.5 Å². The van der Waals surface area contributed by atoms with Gasteiger partial charge in [0.2, 0.25) is 0 Å². The van der Waals surface area contributed by atoms with Crippen LogP contribution in [0.3, 0.4) is 0 Å². The molecule has 0 amide bonds. The summed E-state index contributed by atoms with van der Waals surface area (Å²) in [5, 5.41) is 9.08. The van der Waals surface area contributed by atoms with E-state index in [-0.39, 0.29) is 12.4 Å². The number of hydrogen-bond donors (Lipinski definition) is 1. The third-order valence-electron chi connectivity index (χ3n) is 4.37. The molecule has 1 heterocycles. The zero-order valence-corrected chi connectivity index (χ0v) is 13.3. The van der Waals surface area contributed by atoms with Crippen LogP contribution < -0.4 is 0 Å². The highest BCUT2D eigenvalue weighted by molar-refractivity contribution is 5.22. The summed E-state index contributed by atoms with van der Waals surface area (Å²) in [6.07, 6.45) is 0. The van der Waals surface area contributed by atoms with Crippen molar-refractivity contribution in [2.75, 3.05) is 26.2 Å². The number of halogens is 1. The monoisotopic (exact) mass is 314 g/mol. The van der Waals surface area contributed by atoms with Crippen LogP contribution in [-0.4, -0.2) is 41.1 Å². The third kappa shape index (κ3) is 4.61. The maximum atomic E-state index is 13.2. The average molecular weight is 314 g/mol. The second kappa shape index (κ2) is 7.68. The predicted octanol–water partition coefficient (Wildman–Crippen LogP) is 2.64. The van der Waals surface area contributed by atoms with E-state index in [1.54, 1.807) is 12.1 Å². The van der Waals surface area contributed by atoms with Gasteiger partial charge in [-0.05, 0) is 28.8 Å². The molecular weight excluding hydrogens is 291 g/mol. The number of aliphatic hydroxyl groups is 1. The van der Waals surface area contributed by atoms with Crippen LogP contribution in [0.5, 0.6) is 0 Å². The molecule has 0 unspecified atom stereocenters. The molecule has 1 N–H and O–H groups in total. The number of rotatable bonds is 5. The van der Waals surface area contributed by atoms with E-state index >= 15 is 0 Å². The number of benzene rings is 2. The maximum absolute atomic E-state index is 13.2. The van der Waals surface area contributed by atoms with Crippen molar-refractivity contribution in [3.8, 4) is 0 Å². The lowest BCUT2D eigenvalue weighted by Crippen LogP contribution is -2.45. The van der Waals surface area contributed by atoms with Crippen LogP contribution in [0.25, 0.3) is 0 Å². The molecule has 122 valence electrons. The molecule has 4 heteroatoms. The van der Waals surface area contributed by atoms with Crippen molar-refractivity contribution >= 4 is 0 Å². The van der Waals surface area contributed by atoms with Gasteiger partial charge in [-0.15, -0.1) is 0 Å². The van der Waals surface area contributed by atoms with Gasteiger partial charge in [0.25, 0.3) is 0 Å². The number of aliphatic hydroxyl groups excluding tert-OH is 1. The van der Waals surface area contributed by atoms with Gasteiger partial charge in [-0.3, -0.25) is 9.80 Å². The lowest BCUT2D eigenvalue weighted by molar-refractivity contribution is 0.122. The maximum Gasteiger partial charge on any atom is 0.123 e. The standard InChI is InChI=1S/C19H23FN2O/c20-19-3-1-2-18(12-19)14-22-10-8-21(9-11-22)13-16-4-6-17(15-23)7-5-16/h1-7,12,23H,8-11,13-15H2. The van der Waals surface area contributed by atoms with Gasteiger partial charge < -0.3 is 5.11 Å². The Hall–Kier alpha value is -1.75. The zero-order chi connectivity index (χ0) is 16.1. The van der Waals surface area contributed by atoms with E-state index in [1.807, 2.05) is 18.2 Å². The van der Waals surface area contributed by atoms with Gasteiger partial charge in [0.15, 0.2) is 0 Å². The molecule has 0 radical (unpaired) electrons. The van der Waals surface area contributed by atoms with Gasteiger partial charge in [0.1, 0.15) is 5.82 Å². The van der Waals surface area contributed by atoms with E-state index in [2.05, 4.69) is 21.9 Å². The molecular formula is C19H23FN2O. The zero-order valence-electron chi connectivity index (χ0n) is 13.3. The molecule has 2 aromatic rings. The molecule has 1 aliphatic rings. The summed E-state index contributed by atoms with van der Waals surface area (Å²) in [7, 11) is 0. The van der Waals surface area contributed by atoms with Crippen LogP contribution in [0.2, 0.25) is 0 Å². The highest BCUT2D eigenvalue weighted by Gasteiger charge is 2.17. The number of hydrogen-bond acceptors (Lipinski definition) is 3. The molecule has 0 spiro atoms. The fraction of sp³-hybridized carbons (Fsp3) is 0.368. The van der Waals surface area contributed by atoms with Gasteiger partial charge in [-0.25, -0.2) is 4.39 Å². The largest absolute Gasteiger partial charge is 0.392 e.